The maximum atomic E-state index is 12.3. The van der Waals surface area contributed by atoms with Crippen molar-refractivity contribution in [2.24, 2.45) is 13.0 Å². The van der Waals surface area contributed by atoms with Gasteiger partial charge < -0.3 is 16.0 Å². The molecule has 3 N–H and O–H groups in total. The molecule has 6 heteroatoms. The Morgan fingerprint density at radius 1 is 1.43 bits per heavy atom. The van der Waals surface area contributed by atoms with Crippen molar-refractivity contribution in [1.29, 1.82) is 0 Å². The summed E-state index contributed by atoms with van der Waals surface area (Å²) in [4.78, 5) is 14.9. The first-order valence-electron chi connectivity index (χ1n) is 7.93. The van der Waals surface area contributed by atoms with Gasteiger partial charge in [0.15, 0.2) is 0 Å². The SMILES string of the molecule is CCc1nn(C)c(C(=O)NCC2CCN(C3CC3)C2)c1N. The van der Waals surface area contributed by atoms with Gasteiger partial charge in [0, 0.05) is 26.2 Å². The molecule has 1 unspecified atom stereocenters. The highest BCUT2D eigenvalue weighted by Crippen LogP contribution is 2.31. The van der Waals surface area contributed by atoms with Crippen molar-refractivity contribution in [3.8, 4) is 0 Å². The quantitative estimate of drug-likeness (QED) is 0.840. The van der Waals surface area contributed by atoms with Gasteiger partial charge in [0.2, 0.25) is 0 Å². The zero-order chi connectivity index (χ0) is 15.0. The Morgan fingerprint density at radius 3 is 2.81 bits per heavy atom. The molecule has 1 amide bonds. The van der Waals surface area contributed by atoms with Crippen molar-refractivity contribution >= 4 is 11.6 Å². The highest BCUT2D eigenvalue weighted by Gasteiger charge is 2.34. The molecule has 1 aromatic rings. The summed E-state index contributed by atoms with van der Waals surface area (Å²) in [6.07, 6.45) is 4.62. The highest BCUT2D eigenvalue weighted by molar-refractivity contribution is 5.97. The van der Waals surface area contributed by atoms with Crippen LogP contribution in [0.5, 0.6) is 0 Å². The largest absolute Gasteiger partial charge is 0.395 e. The van der Waals surface area contributed by atoms with Crippen LogP contribution < -0.4 is 11.1 Å². The van der Waals surface area contributed by atoms with Crippen LogP contribution in [0.2, 0.25) is 0 Å². The lowest BCUT2D eigenvalue weighted by atomic mass is 10.1. The van der Waals surface area contributed by atoms with Gasteiger partial charge >= 0.3 is 0 Å². The van der Waals surface area contributed by atoms with Crippen LogP contribution >= 0.6 is 0 Å². The second-order valence-electron chi connectivity index (χ2n) is 6.28. The first-order chi connectivity index (χ1) is 10.1. The number of anilines is 1. The molecule has 0 radical (unpaired) electrons. The third-order valence-electron chi connectivity index (χ3n) is 4.64. The lowest BCUT2D eigenvalue weighted by Crippen LogP contribution is -2.32. The van der Waals surface area contributed by atoms with E-state index in [9.17, 15) is 4.79 Å². The van der Waals surface area contributed by atoms with E-state index in [-0.39, 0.29) is 5.91 Å². The monoisotopic (exact) mass is 291 g/mol. The molecule has 2 fully saturated rings. The molecule has 6 nitrogen and oxygen atoms in total. The zero-order valence-electron chi connectivity index (χ0n) is 12.9. The summed E-state index contributed by atoms with van der Waals surface area (Å²) in [5.41, 5.74) is 7.82. The maximum Gasteiger partial charge on any atom is 0.271 e. The highest BCUT2D eigenvalue weighted by atomic mass is 16.2. The van der Waals surface area contributed by atoms with Crippen LogP contribution in [0, 0.1) is 5.92 Å². The molecule has 0 bridgehead atoms. The first kappa shape index (κ1) is 14.4. The van der Waals surface area contributed by atoms with Gasteiger partial charge in [-0.3, -0.25) is 9.48 Å². The number of rotatable bonds is 5. The van der Waals surface area contributed by atoms with Crippen LogP contribution in [0.15, 0.2) is 0 Å². The van der Waals surface area contributed by atoms with Crippen molar-refractivity contribution in [3.63, 3.8) is 0 Å². The van der Waals surface area contributed by atoms with E-state index in [4.69, 9.17) is 5.73 Å². The number of likely N-dealkylation sites (tertiary alicyclic amines) is 1. The fourth-order valence-corrected chi connectivity index (χ4v) is 3.25. The number of carbonyl (C=O) groups is 1. The third kappa shape index (κ3) is 2.90. The minimum absolute atomic E-state index is 0.105. The summed E-state index contributed by atoms with van der Waals surface area (Å²) in [5.74, 6) is 0.460. The van der Waals surface area contributed by atoms with Crippen LogP contribution in [0.3, 0.4) is 0 Å². The fourth-order valence-electron chi connectivity index (χ4n) is 3.25. The van der Waals surface area contributed by atoms with Gasteiger partial charge in [-0.2, -0.15) is 5.10 Å². The summed E-state index contributed by atoms with van der Waals surface area (Å²) < 4.78 is 1.59. The average Bonchev–Trinajstić information content (AvgIpc) is 3.13. The molecule has 1 aliphatic carbocycles. The summed E-state index contributed by atoms with van der Waals surface area (Å²) >= 11 is 0. The van der Waals surface area contributed by atoms with Crippen LogP contribution in [-0.4, -0.2) is 46.3 Å². The molecule has 1 atom stereocenters. The van der Waals surface area contributed by atoms with Crippen molar-refractivity contribution < 1.29 is 4.79 Å². The Labute approximate surface area is 125 Å². The van der Waals surface area contributed by atoms with E-state index in [1.54, 1.807) is 11.7 Å². The van der Waals surface area contributed by atoms with Crippen LogP contribution in [0.1, 0.15) is 42.4 Å². The van der Waals surface area contributed by atoms with Gasteiger partial charge in [-0.25, -0.2) is 0 Å². The summed E-state index contributed by atoms with van der Waals surface area (Å²) in [5, 5.41) is 7.33. The van der Waals surface area contributed by atoms with Crippen molar-refractivity contribution in [2.45, 2.75) is 38.6 Å². The maximum absolute atomic E-state index is 12.3. The molecule has 3 rings (SSSR count). The van der Waals surface area contributed by atoms with Gasteiger partial charge in [-0.05, 0) is 38.1 Å². The number of aryl methyl sites for hydroxylation is 2. The molecule has 1 aliphatic heterocycles. The van der Waals surface area contributed by atoms with E-state index in [0.29, 0.717) is 17.3 Å². The van der Waals surface area contributed by atoms with Crippen molar-refractivity contribution in [3.05, 3.63) is 11.4 Å². The smallest absolute Gasteiger partial charge is 0.271 e. The number of nitrogen functional groups attached to an aromatic ring is 1. The zero-order valence-corrected chi connectivity index (χ0v) is 12.9. The number of aromatic nitrogens is 2. The van der Waals surface area contributed by atoms with Gasteiger partial charge in [0.05, 0.1) is 11.4 Å². The van der Waals surface area contributed by atoms with E-state index in [1.165, 1.54) is 25.8 Å². The van der Waals surface area contributed by atoms with E-state index in [1.807, 2.05) is 6.92 Å². The summed E-state index contributed by atoms with van der Waals surface area (Å²) in [7, 11) is 1.77. The Bertz CT molecular complexity index is 534. The Kier molecular flexibility index (Phi) is 3.89. The van der Waals surface area contributed by atoms with Crippen molar-refractivity contribution in [2.75, 3.05) is 25.4 Å². The molecular weight excluding hydrogens is 266 g/mol. The summed E-state index contributed by atoms with van der Waals surface area (Å²) in [6, 6.07) is 0.825. The van der Waals surface area contributed by atoms with Crippen LogP contribution in [0.4, 0.5) is 5.69 Å². The Morgan fingerprint density at radius 2 is 2.19 bits per heavy atom. The molecule has 2 heterocycles. The third-order valence-corrected chi connectivity index (χ3v) is 4.64. The number of hydrogen-bond donors (Lipinski definition) is 2. The molecule has 0 aromatic carbocycles. The van der Waals surface area contributed by atoms with Gasteiger partial charge in [0.1, 0.15) is 5.69 Å². The number of carbonyl (C=O) groups excluding carboxylic acids is 1. The van der Waals surface area contributed by atoms with Gasteiger partial charge in [0.25, 0.3) is 5.91 Å². The Hall–Kier alpha value is -1.56. The normalized spacial score (nSPS) is 22.7. The Balaban J connectivity index is 1.56. The van der Waals surface area contributed by atoms with E-state index >= 15 is 0 Å². The lowest BCUT2D eigenvalue weighted by molar-refractivity contribution is 0.0939. The molecule has 1 saturated heterocycles. The predicted octanol–water partition coefficient (Wildman–Crippen LogP) is 0.779. The van der Waals surface area contributed by atoms with Crippen LogP contribution in [0.25, 0.3) is 0 Å². The lowest BCUT2D eigenvalue weighted by Gasteiger charge is -2.15. The molecule has 1 saturated carbocycles. The second-order valence-corrected chi connectivity index (χ2v) is 6.28. The van der Waals surface area contributed by atoms with Crippen molar-refractivity contribution in [1.82, 2.24) is 20.0 Å². The van der Waals surface area contributed by atoms with E-state index in [0.717, 1.165) is 31.2 Å². The molecular formula is C15H25N5O. The topological polar surface area (TPSA) is 76.2 Å². The average molecular weight is 291 g/mol. The predicted molar refractivity (Wildman–Crippen MR) is 82.0 cm³/mol. The van der Waals surface area contributed by atoms with Crippen LogP contribution in [-0.2, 0) is 13.5 Å². The number of amides is 1. The van der Waals surface area contributed by atoms with E-state index < -0.39 is 0 Å². The minimum atomic E-state index is -0.105. The molecule has 0 spiro atoms. The molecule has 1 aromatic heterocycles. The number of nitrogens with zero attached hydrogens (tertiary/aromatic N) is 3. The second kappa shape index (κ2) is 5.67. The standard InChI is InChI=1S/C15H25N5O/c1-3-12-13(16)14(19(2)18-12)15(21)17-8-10-6-7-20(9-10)11-4-5-11/h10-11H,3-9,16H2,1-2H3,(H,17,21). The number of hydrogen-bond acceptors (Lipinski definition) is 4. The van der Waals surface area contributed by atoms with Gasteiger partial charge in [-0.1, -0.05) is 6.92 Å². The van der Waals surface area contributed by atoms with Gasteiger partial charge in [-0.15, -0.1) is 0 Å². The van der Waals surface area contributed by atoms with E-state index in [2.05, 4.69) is 15.3 Å². The minimum Gasteiger partial charge on any atom is -0.395 e. The number of nitrogens with two attached hydrogens (primary N) is 1. The molecule has 116 valence electrons. The first-order valence-corrected chi connectivity index (χ1v) is 7.93. The molecule has 2 aliphatic rings. The number of nitrogens with one attached hydrogen (secondary N) is 1. The summed E-state index contributed by atoms with van der Waals surface area (Å²) in [6.45, 7) is 5.02. The fraction of sp³-hybridized carbons (Fsp3) is 0.733. The molecule has 21 heavy (non-hydrogen) atoms.